The van der Waals surface area contributed by atoms with Crippen LogP contribution >= 0.6 is 0 Å². The van der Waals surface area contributed by atoms with E-state index in [1.807, 2.05) is 13.0 Å². The molecule has 1 heterocycles. The van der Waals surface area contributed by atoms with E-state index in [1.165, 1.54) is 25.1 Å². The molecule has 1 aromatic heterocycles. The van der Waals surface area contributed by atoms with Crippen LogP contribution in [0.3, 0.4) is 0 Å². The molecule has 1 atom stereocenters. The number of hydrogen-bond donors (Lipinski definition) is 3. The summed E-state index contributed by atoms with van der Waals surface area (Å²) in [6, 6.07) is 9.06. The average molecular weight is 471 g/mol. The molecule has 0 amide bonds. The number of aliphatic hydroxyl groups excluding tert-OH is 1. The number of aromatic nitrogens is 2. The zero-order valence-corrected chi connectivity index (χ0v) is 18.6. The van der Waals surface area contributed by atoms with E-state index >= 15 is 0 Å². The molecule has 0 aliphatic carbocycles. The molecule has 3 N–H and O–H groups in total. The van der Waals surface area contributed by atoms with Crippen LogP contribution in [0.15, 0.2) is 55.0 Å². The van der Waals surface area contributed by atoms with Crippen molar-refractivity contribution in [2.24, 2.45) is 0 Å². The summed E-state index contributed by atoms with van der Waals surface area (Å²) in [5.41, 5.74) is 1.00. The van der Waals surface area contributed by atoms with E-state index in [0.29, 0.717) is 11.3 Å². The summed E-state index contributed by atoms with van der Waals surface area (Å²) in [5.74, 6) is -1.26. The molecule has 178 valence electrons. The van der Waals surface area contributed by atoms with Crippen molar-refractivity contribution in [2.75, 3.05) is 6.61 Å². The van der Waals surface area contributed by atoms with E-state index in [2.05, 4.69) is 15.3 Å². The number of hydrogen-bond acceptors (Lipinski definition) is 5. The van der Waals surface area contributed by atoms with E-state index in [0.717, 1.165) is 22.8 Å². The Morgan fingerprint density at radius 3 is 2.47 bits per heavy atom. The summed E-state index contributed by atoms with van der Waals surface area (Å²) in [6.45, 7) is 2.45. The molecule has 0 saturated heterocycles. The topological polar surface area (TPSA) is 95.3 Å². The zero-order valence-electron chi connectivity index (χ0n) is 18.6. The molecule has 0 radical (unpaired) electrons. The van der Waals surface area contributed by atoms with Crippen molar-refractivity contribution in [3.05, 3.63) is 82.8 Å². The van der Waals surface area contributed by atoms with E-state index < -0.39 is 29.9 Å². The van der Waals surface area contributed by atoms with Gasteiger partial charge in [-0.05, 0) is 48.2 Å². The molecule has 0 bridgehead atoms. The van der Waals surface area contributed by atoms with Crippen LogP contribution in [-0.4, -0.2) is 38.3 Å². The van der Waals surface area contributed by atoms with Gasteiger partial charge in [0.15, 0.2) is 0 Å². The van der Waals surface area contributed by atoms with Gasteiger partial charge in [0.2, 0.25) is 0 Å². The first-order valence-electron chi connectivity index (χ1n) is 10.4. The highest BCUT2D eigenvalue weighted by atomic mass is 19.4. The number of rotatable bonds is 8. The molecular formula is C25H24F3N3O3. The summed E-state index contributed by atoms with van der Waals surface area (Å²) >= 11 is 0. The summed E-state index contributed by atoms with van der Waals surface area (Å²) in [6.07, 6.45) is 3.17. The second-order valence-electron chi connectivity index (χ2n) is 8.01. The highest BCUT2D eigenvalue weighted by Gasteiger charge is 2.34. The summed E-state index contributed by atoms with van der Waals surface area (Å²) in [5, 5.41) is 21.3. The standard InChI is InChI=1S/C25H24F3N3O3/c1-16-18(4-3-5-20(16)22-14-29-10-11-30-22)7-8-19-12-17(6-9-21(19)25(26,27)28)13-31-24(2,15-32)23(33)34/h3-12,14,31-32H,13,15H2,1-2H3,(H,33,34). The Kier molecular flexibility index (Phi) is 7.48. The van der Waals surface area contributed by atoms with Crippen molar-refractivity contribution in [2.45, 2.75) is 32.1 Å². The Morgan fingerprint density at radius 1 is 1.12 bits per heavy atom. The second-order valence-corrected chi connectivity index (χ2v) is 8.01. The smallest absolute Gasteiger partial charge is 0.416 e. The van der Waals surface area contributed by atoms with Gasteiger partial charge < -0.3 is 10.2 Å². The monoisotopic (exact) mass is 471 g/mol. The molecule has 0 aliphatic rings. The average Bonchev–Trinajstić information content (AvgIpc) is 2.81. The lowest BCUT2D eigenvalue weighted by Crippen LogP contribution is -2.52. The third kappa shape index (κ3) is 5.67. The molecule has 3 aromatic rings. The number of alkyl halides is 3. The van der Waals surface area contributed by atoms with E-state index in [-0.39, 0.29) is 12.1 Å². The first kappa shape index (κ1) is 25.1. The van der Waals surface area contributed by atoms with Crippen molar-refractivity contribution in [1.29, 1.82) is 0 Å². The summed E-state index contributed by atoms with van der Waals surface area (Å²) in [7, 11) is 0. The summed E-state index contributed by atoms with van der Waals surface area (Å²) < 4.78 is 40.9. The van der Waals surface area contributed by atoms with Crippen molar-refractivity contribution >= 4 is 18.1 Å². The van der Waals surface area contributed by atoms with Crippen LogP contribution in [-0.2, 0) is 17.5 Å². The first-order chi connectivity index (χ1) is 16.0. The maximum absolute atomic E-state index is 13.6. The van der Waals surface area contributed by atoms with Crippen LogP contribution in [0.2, 0.25) is 0 Å². The van der Waals surface area contributed by atoms with Gasteiger partial charge in [0.1, 0.15) is 5.54 Å². The molecule has 0 saturated carbocycles. The van der Waals surface area contributed by atoms with Crippen LogP contribution < -0.4 is 5.32 Å². The van der Waals surface area contributed by atoms with Crippen molar-refractivity contribution < 1.29 is 28.2 Å². The Balaban J connectivity index is 1.95. The van der Waals surface area contributed by atoms with Crippen LogP contribution in [0, 0.1) is 6.92 Å². The molecular weight excluding hydrogens is 447 g/mol. The predicted octanol–water partition coefficient (Wildman–Crippen LogP) is 4.57. The van der Waals surface area contributed by atoms with Crippen LogP contribution in [0.1, 0.15) is 34.7 Å². The molecule has 0 spiro atoms. The van der Waals surface area contributed by atoms with E-state index in [1.54, 1.807) is 36.8 Å². The van der Waals surface area contributed by atoms with Gasteiger partial charge in [-0.15, -0.1) is 0 Å². The van der Waals surface area contributed by atoms with Crippen LogP contribution in [0.4, 0.5) is 13.2 Å². The van der Waals surface area contributed by atoms with Crippen molar-refractivity contribution in [1.82, 2.24) is 15.3 Å². The predicted molar refractivity (Wildman–Crippen MR) is 123 cm³/mol. The van der Waals surface area contributed by atoms with Crippen molar-refractivity contribution in [3.63, 3.8) is 0 Å². The molecule has 0 aliphatic heterocycles. The second kappa shape index (κ2) is 10.1. The molecule has 2 aromatic carbocycles. The minimum Gasteiger partial charge on any atom is -0.480 e. The number of aliphatic carboxylic acids is 1. The highest BCUT2D eigenvalue weighted by Crippen LogP contribution is 2.34. The molecule has 9 heteroatoms. The third-order valence-corrected chi connectivity index (χ3v) is 5.55. The lowest BCUT2D eigenvalue weighted by atomic mass is 9.97. The molecule has 1 unspecified atom stereocenters. The number of nitrogens with one attached hydrogen (secondary N) is 1. The van der Waals surface area contributed by atoms with Gasteiger partial charge in [-0.2, -0.15) is 13.2 Å². The van der Waals surface area contributed by atoms with Gasteiger partial charge in [-0.3, -0.25) is 20.1 Å². The zero-order chi connectivity index (χ0) is 24.9. The molecule has 6 nitrogen and oxygen atoms in total. The van der Waals surface area contributed by atoms with Crippen molar-refractivity contribution in [3.8, 4) is 11.3 Å². The number of carbonyl (C=O) groups is 1. The van der Waals surface area contributed by atoms with E-state index in [4.69, 9.17) is 0 Å². The summed E-state index contributed by atoms with van der Waals surface area (Å²) in [4.78, 5) is 19.7. The number of halogens is 3. The van der Waals surface area contributed by atoms with Crippen LogP contribution in [0.25, 0.3) is 23.4 Å². The SMILES string of the molecule is Cc1c(C=Cc2cc(CNC(C)(CO)C(=O)O)ccc2C(F)(F)F)cccc1-c1cnccn1. The van der Waals surface area contributed by atoms with Gasteiger partial charge in [0.25, 0.3) is 0 Å². The van der Waals surface area contributed by atoms with Gasteiger partial charge in [-0.1, -0.05) is 36.4 Å². The third-order valence-electron chi connectivity index (χ3n) is 5.55. The maximum atomic E-state index is 13.6. The maximum Gasteiger partial charge on any atom is 0.416 e. The molecule has 3 rings (SSSR count). The van der Waals surface area contributed by atoms with E-state index in [9.17, 15) is 28.2 Å². The molecule has 34 heavy (non-hydrogen) atoms. The quantitative estimate of drug-likeness (QED) is 0.417. The Labute approximate surface area is 194 Å². The Bertz CT molecular complexity index is 1200. The fourth-order valence-corrected chi connectivity index (χ4v) is 3.34. The number of carboxylic acids is 1. The number of benzene rings is 2. The number of carboxylic acid groups (broad SMARTS) is 1. The Morgan fingerprint density at radius 2 is 1.85 bits per heavy atom. The fourth-order valence-electron chi connectivity index (χ4n) is 3.34. The minimum absolute atomic E-state index is 0.0382. The first-order valence-corrected chi connectivity index (χ1v) is 10.4. The van der Waals surface area contributed by atoms with Gasteiger partial charge in [0, 0.05) is 24.5 Å². The minimum atomic E-state index is -4.57. The molecule has 0 fully saturated rings. The highest BCUT2D eigenvalue weighted by molar-refractivity contribution is 5.79. The van der Waals surface area contributed by atoms with Gasteiger partial charge >= 0.3 is 12.1 Å². The van der Waals surface area contributed by atoms with Crippen LogP contribution in [0.5, 0.6) is 0 Å². The lowest BCUT2D eigenvalue weighted by molar-refractivity contribution is -0.146. The fraction of sp³-hybridized carbons (Fsp3) is 0.240. The number of aliphatic hydroxyl groups is 1. The Hall–Kier alpha value is -3.56. The number of nitrogens with zero attached hydrogens (tertiary/aromatic N) is 2. The normalized spacial score (nSPS) is 13.7. The lowest BCUT2D eigenvalue weighted by Gasteiger charge is -2.24. The van der Waals surface area contributed by atoms with Gasteiger partial charge in [-0.25, -0.2) is 0 Å². The largest absolute Gasteiger partial charge is 0.480 e. The van der Waals surface area contributed by atoms with Gasteiger partial charge in [0.05, 0.1) is 24.1 Å².